The standard InChI is InChI=1S/C34H41F4N3O3/c1-22-29(33(43)41-21-34(36,37)38)16-17-31(39)30(22)20-40-19-24-4-2-3-5-25(9-6-24)32(42)26-10-14-28(15-11-26)44-27-12-7-23(18-35)8-13-27/h7,10,12-14,16-17,20,23-25H,2-6,8-9,11,15,18-19,21,39H2,1H3,(H,41,43). The molecule has 3 atom stereocenters. The number of carbonyl (C=O) groups is 2. The van der Waals surface area contributed by atoms with Crippen LogP contribution in [0.1, 0.15) is 79.3 Å². The summed E-state index contributed by atoms with van der Waals surface area (Å²) in [7, 11) is 0. The molecule has 0 radical (unpaired) electrons. The zero-order valence-corrected chi connectivity index (χ0v) is 25.1. The number of halogens is 4. The molecule has 4 rings (SSSR count). The van der Waals surface area contributed by atoms with E-state index in [-0.39, 0.29) is 35.8 Å². The Kier molecular flexibility index (Phi) is 11.6. The molecule has 1 aromatic rings. The van der Waals surface area contributed by atoms with Crippen molar-refractivity contribution < 1.29 is 31.9 Å². The number of nitrogens with one attached hydrogen (secondary N) is 1. The van der Waals surface area contributed by atoms with E-state index in [2.05, 4.69) is 4.99 Å². The number of rotatable bonds is 10. The molecule has 10 heteroatoms. The van der Waals surface area contributed by atoms with Crippen LogP contribution in [-0.2, 0) is 9.53 Å². The maximum atomic E-state index is 13.4. The van der Waals surface area contributed by atoms with Crippen LogP contribution in [0.25, 0.3) is 0 Å². The van der Waals surface area contributed by atoms with Crippen LogP contribution in [0.15, 0.2) is 64.6 Å². The van der Waals surface area contributed by atoms with Gasteiger partial charge >= 0.3 is 6.18 Å². The van der Waals surface area contributed by atoms with Crippen molar-refractivity contribution in [3.63, 3.8) is 0 Å². The topological polar surface area (TPSA) is 93.8 Å². The minimum atomic E-state index is -4.50. The van der Waals surface area contributed by atoms with Crippen LogP contribution in [0.2, 0.25) is 0 Å². The van der Waals surface area contributed by atoms with Gasteiger partial charge in [0, 0.05) is 47.8 Å². The van der Waals surface area contributed by atoms with E-state index in [1.165, 1.54) is 12.1 Å². The number of alkyl halides is 4. The predicted molar refractivity (Wildman–Crippen MR) is 164 cm³/mol. The fraction of sp³-hybridized carbons (Fsp3) is 0.500. The van der Waals surface area contributed by atoms with Crippen molar-refractivity contribution in [1.82, 2.24) is 5.32 Å². The molecule has 238 valence electrons. The second-order valence-electron chi connectivity index (χ2n) is 11.9. The Morgan fingerprint density at radius 1 is 1.11 bits per heavy atom. The van der Waals surface area contributed by atoms with Gasteiger partial charge in [0.2, 0.25) is 0 Å². The number of allylic oxidation sites excluding steroid dienone is 7. The zero-order chi connectivity index (χ0) is 31.7. The SMILES string of the molecule is Cc1c(C(=O)NCC(F)(F)F)ccc(N)c1C=NCC1CCCCC(C(=O)C2=CC=C(OC3=CCC(CF)C=C3)CC2)CC1. The summed E-state index contributed by atoms with van der Waals surface area (Å²) in [6.45, 7) is 0.389. The van der Waals surface area contributed by atoms with E-state index >= 15 is 0 Å². The third kappa shape index (κ3) is 9.40. The molecule has 0 saturated heterocycles. The van der Waals surface area contributed by atoms with Crippen LogP contribution in [0.3, 0.4) is 0 Å². The first-order valence-electron chi connectivity index (χ1n) is 15.3. The maximum absolute atomic E-state index is 13.4. The number of carbonyl (C=O) groups excluding carboxylic acids is 2. The number of aliphatic imine (C=N–C) groups is 1. The number of Topliss-reactive ketones (excluding diaryl/α,β-unsaturated/α-hetero) is 1. The van der Waals surface area contributed by atoms with Gasteiger partial charge in [-0.05, 0) is 92.9 Å². The Morgan fingerprint density at radius 2 is 1.91 bits per heavy atom. The summed E-state index contributed by atoms with van der Waals surface area (Å²) < 4.78 is 56.4. The van der Waals surface area contributed by atoms with E-state index in [4.69, 9.17) is 10.5 Å². The van der Waals surface area contributed by atoms with E-state index in [0.717, 1.165) is 55.6 Å². The highest BCUT2D eigenvalue weighted by molar-refractivity contribution is 6.00. The van der Waals surface area contributed by atoms with E-state index in [9.17, 15) is 27.2 Å². The minimum Gasteiger partial charge on any atom is -0.462 e. The van der Waals surface area contributed by atoms with Crippen molar-refractivity contribution in [2.45, 2.75) is 70.9 Å². The highest BCUT2D eigenvalue weighted by Crippen LogP contribution is 2.32. The largest absolute Gasteiger partial charge is 0.462 e. The number of anilines is 1. The van der Waals surface area contributed by atoms with E-state index in [0.29, 0.717) is 42.6 Å². The zero-order valence-electron chi connectivity index (χ0n) is 25.1. The van der Waals surface area contributed by atoms with Gasteiger partial charge in [0.1, 0.15) is 18.1 Å². The smallest absolute Gasteiger partial charge is 0.405 e. The van der Waals surface area contributed by atoms with Gasteiger partial charge in [-0.3, -0.25) is 19.0 Å². The number of nitrogens with two attached hydrogens (primary N) is 1. The average Bonchev–Trinajstić information content (AvgIpc) is 2.99. The highest BCUT2D eigenvalue weighted by Gasteiger charge is 2.29. The maximum Gasteiger partial charge on any atom is 0.405 e. The monoisotopic (exact) mass is 615 g/mol. The van der Waals surface area contributed by atoms with Crippen molar-refractivity contribution in [2.24, 2.45) is 22.7 Å². The van der Waals surface area contributed by atoms with Gasteiger partial charge in [0.05, 0.1) is 6.67 Å². The van der Waals surface area contributed by atoms with E-state index < -0.39 is 18.6 Å². The first-order valence-corrected chi connectivity index (χ1v) is 15.3. The first kappa shape index (κ1) is 33.2. The summed E-state index contributed by atoms with van der Waals surface area (Å²) in [4.78, 5) is 30.4. The molecule has 1 saturated carbocycles. The van der Waals surface area contributed by atoms with Crippen molar-refractivity contribution in [3.05, 3.63) is 76.3 Å². The van der Waals surface area contributed by atoms with Crippen LogP contribution >= 0.6 is 0 Å². The van der Waals surface area contributed by atoms with Crippen molar-refractivity contribution in [2.75, 3.05) is 25.5 Å². The molecular formula is C34H41F4N3O3. The molecule has 0 aliphatic heterocycles. The van der Waals surface area contributed by atoms with Crippen molar-refractivity contribution >= 4 is 23.6 Å². The predicted octanol–water partition coefficient (Wildman–Crippen LogP) is 7.49. The van der Waals surface area contributed by atoms with Crippen LogP contribution < -0.4 is 11.1 Å². The summed E-state index contributed by atoms with van der Waals surface area (Å²) >= 11 is 0. The summed E-state index contributed by atoms with van der Waals surface area (Å²) in [5.74, 6) is 1.08. The molecule has 3 N–H and O–H groups in total. The molecule has 3 aliphatic rings. The lowest BCUT2D eigenvalue weighted by Crippen LogP contribution is -2.34. The van der Waals surface area contributed by atoms with Gasteiger partial charge in [0.15, 0.2) is 5.78 Å². The first-order chi connectivity index (χ1) is 21.0. The molecule has 1 fully saturated rings. The number of ketones is 1. The summed E-state index contributed by atoms with van der Waals surface area (Å²) in [6.07, 6.45) is 13.8. The fourth-order valence-corrected chi connectivity index (χ4v) is 5.89. The van der Waals surface area contributed by atoms with Gasteiger partial charge in [-0.1, -0.05) is 25.0 Å². The lowest BCUT2D eigenvalue weighted by atomic mass is 9.80. The number of amides is 1. The van der Waals surface area contributed by atoms with E-state index in [1.807, 2.05) is 35.7 Å². The summed E-state index contributed by atoms with van der Waals surface area (Å²) in [5, 5.41) is 1.90. The fourth-order valence-electron chi connectivity index (χ4n) is 5.89. The van der Waals surface area contributed by atoms with Gasteiger partial charge < -0.3 is 15.8 Å². The molecule has 0 spiro atoms. The summed E-state index contributed by atoms with van der Waals surface area (Å²) in [6, 6.07) is 2.92. The lowest BCUT2D eigenvalue weighted by molar-refractivity contribution is -0.123. The number of nitrogen functional groups attached to an aromatic ring is 1. The normalized spacial score (nSPS) is 22.8. The number of hydrogen-bond donors (Lipinski definition) is 2. The Labute approximate surface area is 256 Å². The quantitative estimate of drug-likeness (QED) is 0.162. The molecule has 3 unspecified atom stereocenters. The highest BCUT2D eigenvalue weighted by atomic mass is 19.4. The van der Waals surface area contributed by atoms with E-state index in [1.54, 1.807) is 13.1 Å². The number of nitrogens with zero attached hydrogens (tertiary/aromatic N) is 1. The van der Waals surface area contributed by atoms with Crippen LogP contribution in [-0.4, -0.2) is 43.8 Å². The molecule has 44 heavy (non-hydrogen) atoms. The molecular weight excluding hydrogens is 574 g/mol. The third-order valence-electron chi connectivity index (χ3n) is 8.56. The van der Waals surface area contributed by atoms with Crippen molar-refractivity contribution in [1.29, 1.82) is 0 Å². The average molecular weight is 616 g/mol. The third-order valence-corrected chi connectivity index (χ3v) is 8.56. The molecule has 0 heterocycles. The van der Waals surface area contributed by atoms with Crippen molar-refractivity contribution in [3.8, 4) is 0 Å². The Morgan fingerprint density at radius 3 is 2.59 bits per heavy atom. The molecule has 1 amide bonds. The summed E-state index contributed by atoms with van der Waals surface area (Å²) in [5.41, 5.74) is 8.44. The Bertz CT molecular complexity index is 1360. The second-order valence-corrected chi connectivity index (χ2v) is 11.9. The number of ether oxygens (including phenoxy) is 1. The van der Waals surface area contributed by atoms with Gasteiger partial charge in [0.25, 0.3) is 5.91 Å². The van der Waals surface area contributed by atoms with Gasteiger partial charge in [-0.25, -0.2) is 0 Å². The Hall–Kier alpha value is -3.69. The van der Waals surface area contributed by atoms with Crippen LogP contribution in [0.5, 0.6) is 0 Å². The number of benzene rings is 1. The van der Waals surface area contributed by atoms with Gasteiger partial charge in [-0.15, -0.1) is 0 Å². The molecule has 6 nitrogen and oxygen atoms in total. The lowest BCUT2D eigenvalue weighted by Gasteiger charge is -2.25. The molecule has 0 bridgehead atoms. The van der Waals surface area contributed by atoms with Crippen LogP contribution in [0.4, 0.5) is 23.2 Å². The minimum absolute atomic E-state index is 0.0321. The molecule has 1 aromatic carbocycles. The molecule has 0 aromatic heterocycles. The second kappa shape index (κ2) is 15.3. The van der Waals surface area contributed by atoms with Gasteiger partial charge in [-0.2, -0.15) is 13.2 Å². The Balaban J connectivity index is 1.31. The molecule has 3 aliphatic carbocycles. The van der Waals surface area contributed by atoms with Crippen LogP contribution in [0, 0.1) is 24.7 Å². The number of hydrogen-bond acceptors (Lipinski definition) is 5.